The molecule has 3 aromatic rings. The minimum atomic E-state index is -0.319. The summed E-state index contributed by atoms with van der Waals surface area (Å²) in [6.07, 6.45) is 0.858. The van der Waals surface area contributed by atoms with Crippen LogP contribution in [0.5, 0.6) is 0 Å². The molecule has 1 amide bonds. The predicted octanol–water partition coefficient (Wildman–Crippen LogP) is 2.01. The molecule has 2 aliphatic rings. The zero-order chi connectivity index (χ0) is 19.1. The Morgan fingerprint density at radius 2 is 2.18 bits per heavy atom. The van der Waals surface area contributed by atoms with Crippen molar-refractivity contribution >= 4 is 39.2 Å². The van der Waals surface area contributed by atoms with Crippen molar-refractivity contribution in [3.63, 3.8) is 0 Å². The van der Waals surface area contributed by atoms with Crippen molar-refractivity contribution in [3.8, 4) is 0 Å². The van der Waals surface area contributed by atoms with E-state index < -0.39 is 0 Å². The molecule has 4 heterocycles. The van der Waals surface area contributed by atoms with E-state index in [0.29, 0.717) is 18.2 Å². The van der Waals surface area contributed by atoms with Crippen molar-refractivity contribution in [2.24, 2.45) is 0 Å². The summed E-state index contributed by atoms with van der Waals surface area (Å²) in [5, 5.41) is 8.01. The Hall–Kier alpha value is -2.23. The number of fused-ring (bicyclic) bond motifs is 2. The molecule has 2 aliphatic heterocycles. The van der Waals surface area contributed by atoms with E-state index in [9.17, 15) is 9.59 Å². The van der Waals surface area contributed by atoms with Crippen molar-refractivity contribution in [3.05, 3.63) is 57.0 Å². The second-order valence-corrected chi connectivity index (χ2v) is 9.01. The van der Waals surface area contributed by atoms with Gasteiger partial charge in [0.15, 0.2) is 5.01 Å². The van der Waals surface area contributed by atoms with Gasteiger partial charge in [0.25, 0.3) is 11.5 Å². The summed E-state index contributed by atoms with van der Waals surface area (Å²) in [7, 11) is 0. The fourth-order valence-electron chi connectivity index (χ4n) is 3.59. The van der Waals surface area contributed by atoms with Crippen molar-refractivity contribution in [1.29, 1.82) is 0 Å². The summed E-state index contributed by atoms with van der Waals surface area (Å²) < 4.78 is 8.04. The van der Waals surface area contributed by atoms with Crippen LogP contribution in [0.4, 0.5) is 0 Å². The maximum absolute atomic E-state index is 12.7. The number of benzene rings is 1. The summed E-state index contributed by atoms with van der Waals surface area (Å²) in [4.78, 5) is 29.8. The fraction of sp³-hybridized carbons (Fsp3) is 0.368. The predicted molar refractivity (Wildman–Crippen MR) is 109 cm³/mol. The third-order valence-electron chi connectivity index (χ3n) is 5.03. The summed E-state index contributed by atoms with van der Waals surface area (Å²) in [5.41, 5.74) is 2.66. The lowest BCUT2D eigenvalue weighted by Gasteiger charge is -2.22. The number of aryl methyl sites for hydroxylation is 1. The van der Waals surface area contributed by atoms with Gasteiger partial charge in [-0.2, -0.15) is 16.9 Å². The highest BCUT2D eigenvalue weighted by Gasteiger charge is 2.34. The van der Waals surface area contributed by atoms with Gasteiger partial charge in [0.1, 0.15) is 6.04 Å². The van der Waals surface area contributed by atoms with Gasteiger partial charge in [-0.15, -0.1) is 11.3 Å². The van der Waals surface area contributed by atoms with E-state index in [-0.39, 0.29) is 23.6 Å². The summed E-state index contributed by atoms with van der Waals surface area (Å²) >= 11 is 3.17. The average molecular weight is 415 g/mol. The van der Waals surface area contributed by atoms with E-state index in [1.165, 1.54) is 16.0 Å². The first kappa shape index (κ1) is 17.8. The van der Waals surface area contributed by atoms with E-state index in [0.717, 1.165) is 39.4 Å². The zero-order valence-corrected chi connectivity index (χ0v) is 16.6. The molecule has 2 atom stereocenters. The highest BCUT2D eigenvalue weighted by molar-refractivity contribution is 7.98. The highest BCUT2D eigenvalue weighted by Crippen LogP contribution is 2.25. The minimum Gasteiger partial charge on any atom is -0.377 e. The molecule has 144 valence electrons. The molecule has 1 aromatic carbocycles. The molecular formula is C19H18N4O3S2. The Labute approximate surface area is 169 Å². The molecule has 7 nitrogen and oxygen atoms in total. The second kappa shape index (κ2) is 7.31. The zero-order valence-electron chi connectivity index (χ0n) is 15.0. The summed E-state index contributed by atoms with van der Waals surface area (Å²) in [6.45, 7) is 0.702. The van der Waals surface area contributed by atoms with Gasteiger partial charge >= 0.3 is 0 Å². The molecule has 2 unspecified atom stereocenters. The van der Waals surface area contributed by atoms with Gasteiger partial charge in [-0.25, -0.2) is 9.67 Å². The number of hydrogen-bond acceptors (Lipinski definition) is 7. The molecule has 9 heteroatoms. The largest absolute Gasteiger partial charge is 0.377 e. The number of rotatable bonds is 3. The number of thioether (sulfide) groups is 1. The van der Waals surface area contributed by atoms with E-state index in [2.05, 4.69) is 15.4 Å². The molecular weight excluding hydrogens is 396 g/mol. The summed E-state index contributed by atoms with van der Waals surface area (Å²) in [5.74, 6) is 1.60. The Morgan fingerprint density at radius 1 is 1.29 bits per heavy atom. The lowest BCUT2D eigenvalue weighted by molar-refractivity contribution is 0.0924. The third-order valence-corrected chi connectivity index (χ3v) is 7.08. The van der Waals surface area contributed by atoms with Crippen molar-refractivity contribution in [1.82, 2.24) is 20.1 Å². The van der Waals surface area contributed by atoms with Crippen LogP contribution in [0, 0.1) is 0 Å². The number of para-hydroxylation sites is 1. The maximum Gasteiger partial charge on any atom is 0.280 e. The molecule has 2 aromatic heterocycles. The Balaban J connectivity index is 1.40. The van der Waals surface area contributed by atoms with Crippen LogP contribution in [0.3, 0.4) is 0 Å². The topological polar surface area (TPSA) is 86.1 Å². The van der Waals surface area contributed by atoms with E-state index in [1.807, 2.05) is 36.0 Å². The first-order chi connectivity index (χ1) is 13.7. The van der Waals surface area contributed by atoms with Gasteiger partial charge in [-0.1, -0.05) is 12.1 Å². The van der Waals surface area contributed by atoms with Crippen LogP contribution in [-0.2, 0) is 16.9 Å². The van der Waals surface area contributed by atoms with Gasteiger partial charge in [0.2, 0.25) is 0 Å². The lowest BCUT2D eigenvalue weighted by atomic mass is 10.1. The molecule has 0 saturated carbocycles. The van der Waals surface area contributed by atoms with Crippen LogP contribution in [0.1, 0.15) is 27.1 Å². The number of ether oxygens (including phenoxy) is 1. The number of nitrogens with zero attached hydrogens (tertiary/aromatic N) is 3. The highest BCUT2D eigenvalue weighted by atomic mass is 32.2. The molecule has 5 rings (SSSR count). The molecule has 0 bridgehead atoms. The maximum atomic E-state index is 12.7. The first-order valence-corrected chi connectivity index (χ1v) is 11.1. The van der Waals surface area contributed by atoms with Gasteiger partial charge in [-0.3, -0.25) is 9.59 Å². The number of nitrogens with one attached hydrogen (secondary N) is 1. The normalized spacial score (nSPS) is 21.6. The fourth-order valence-corrected chi connectivity index (χ4v) is 5.41. The van der Waals surface area contributed by atoms with Crippen LogP contribution < -0.4 is 10.9 Å². The molecule has 1 saturated heterocycles. The van der Waals surface area contributed by atoms with Crippen molar-refractivity contribution < 1.29 is 9.53 Å². The van der Waals surface area contributed by atoms with Crippen molar-refractivity contribution in [2.75, 3.05) is 19.0 Å². The summed E-state index contributed by atoms with van der Waals surface area (Å²) in [6, 6.07) is 8.71. The molecule has 0 aliphatic carbocycles. The number of thiazole rings is 1. The molecule has 0 radical (unpaired) electrons. The number of carbonyl (C=O) groups excluding carboxylic acids is 1. The second-order valence-electron chi connectivity index (χ2n) is 6.87. The average Bonchev–Trinajstić information content (AvgIpc) is 3.34. The van der Waals surface area contributed by atoms with Crippen LogP contribution in [0.2, 0.25) is 0 Å². The van der Waals surface area contributed by atoms with Gasteiger partial charge in [0.05, 0.1) is 35.2 Å². The van der Waals surface area contributed by atoms with Gasteiger partial charge in [-0.05, 0) is 23.4 Å². The van der Waals surface area contributed by atoms with Crippen LogP contribution in [0.15, 0.2) is 35.1 Å². The minimum absolute atomic E-state index is 0.143. The molecule has 28 heavy (non-hydrogen) atoms. The smallest absolute Gasteiger partial charge is 0.280 e. The first-order valence-electron chi connectivity index (χ1n) is 9.12. The Morgan fingerprint density at radius 3 is 3.07 bits per heavy atom. The standard InChI is InChI=1S/C19H18N4O3S2/c24-17-7-11-10-27-6-5-12(11)22-23(17)15-9-26-8-14(15)20-18(25)19-21-13-3-1-2-4-16(13)28-19/h1-4,7,14-15H,5-6,8-10H2,(H,20,25). The molecule has 1 N–H and O–H groups in total. The number of carbonyl (C=O) groups is 1. The Kier molecular flexibility index (Phi) is 4.65. The molecule has 1 fully saturated rings. The quantitative estimate of drug-likeness (QED) is 0.706. The molecule has 0 spiro atoms. The van der Waals surface area contributed by atoms with Gasteiger partial charge in [0, 0.05) is 18.2 Å². The SMILES string of the molecule is O=C(NC1COCC1n1nc2c(cc1=O)CSCC2)c1nc2ccccc2s1. The van der Waals surface area contributed by atoms with E-state index in [1.54, 1.807) is 6.07 Å². The monoisotopic (exact) mass is 414 g/mol. The van der Waals surface area contributed by atoms with Crippen LogP contribution in [0.25, 0.3) is 10.2 Å². The van der Waals surface area contributed by atoms with Gasteiger partial charge < -0.3 is 10.1 Å². The van der Waals surface area contributed by atoms with E-state index >= 15 is 0 Å². The lowest BCUT2D eigenvalue weighted by Crippen LogP contribution is -2.44. The van der Waals surface area contributed by atoms with E-state index in [4.69, 9.17) is 4.74 Å². The number of aromatic nitrogens is 3. The van der Waals surface area contributed by atoms with Crippen molar-refractivity contribution in [2.45, 2.75) is 24.3 Å². The van der Waals surface area contributed by atoms with Crippen LogP contribution in [-0.4, -0.2) is 45.7 Å². The van der Waals surface area contributed by atoms with Crippen LogP contribution >= 0.6 is 23.1 Å². The third kappa shape index (κ3) is 3.23. The number of hydrogen-bond donors (Lipinski definition) is 1. The Bertz CT molecular complexity index is 1080. The number of amides is 1.